The molecular formula is C19H14N-. The lowest BCUT2D eigenvalue weighted by atomic mass is 10.0. The van der Waals surface area contributed by atoms with E-state index in [-0.39, 0.29) is 0 Å². The van der Waals surface area contributed by atoms with Gasteiger partial charge >= 0.3 is 0 Å². The van der Waals surface area contributed by atoms with Crippen LogP contribution in [0.25, 0.3) is 22.3 Å². The van der Waals surface area contributed by atoms with Gasteiger partial charge in [-0.25, -0.2) is 0 Å². The molecule has 0 aliphatic heterocycles. The Kier molecular flexibility index (Phi) is 4.70. The van der Waals surface area contributed by atoms with Gasteiger partial charge in [0.15, 0.2) is 0 Å². The van der Waals surface area contributed by atoms with E-state index >= 15 is 0 Å². The number of nitrogens with zero attached hydrogens (tertiary/aromatic N) is 1. The van der Waals surface area contributed by atoms with Crippen molar-refractivity contribution in [1.29, 1.82) is 5.26 Å². The first-order valence-electron chi connectivity index (χ1n) is 6.37. The second-order valence-corrected chi connectivity index (χ2v) is 4.31. The highest BCUT2D eigenvalue weighted by molar-refractivity contribution is 5.70. The molecule has 0 aromatic heterocycles. The molecule has 0 saturated carbocycles. The second kappa shape index (κ2) is 6.92. The minimum atomic E-state index is 1.26. The minimum absolute atomic E-state index is 1.26. The molecule has 0 amide bonds. The van der Waals surface area contributed by atoms with Crippen molar-refractivity contribution in [3.63, 3.8) is 0 Å². The van der Waals surface area contributed by atoms with Crippen LogP contribution < -0.4 is 0 Å². The van der Waals surface area contributed by atoms with Crippen molar-refractivity contribution in [2.24, 2.45) is 0 Å². The molecule has 0 fully saturated rings. The highest BCUT2D eigenvalue weighted by Crippen LogP contribution is 2.24. The summed E-state index contributed by atoms with van der Waals surface area (Å²) >= 11 is 0. The van der Waals surface area contributed by atoms with Crippen LogP contribution in [0.3, 0.4) is 0 Å². The highest BCUT2D eigenvalue weighted by atomic mass is 14.2. The smallest absolute Gasteiger partial charge is 0.0184 e. The average molecular weight is 256 g/mol. The molecule has 0 radical (unpaired) electrons. The van der Waals surface area contributed by atoms with Gasteiger partial charge in [0, 0.05) is 0 Å². The SMILES string of the molecule is [C-]#N.c1ccc(-c2ccc(-c3ccccc3)cc2)cc1. The third kappa shape index (κ3) is 3.13. The van der Waals surface area contributed by atoms with Crippen LogP contribution in [-0.4, -0.2) is 0 Å². The Bertz CT molecular complexity index is 594. The summed E-state index contributed by atoms with van der Waals surface area (Å²) in [6, 6.07) is 29.6. The van der Waals surface area contributed by atoms with Crippen molar-refractivity contribution in [2.45, 2.75) is 0 Å². The predicted molar refractivity (Wildman–Crippen MR) is 82.3 cm³/mol. The van der Waals surface area contributed by atoms with Crippen LogP contribution in [0.5, 0.6) is 0 Å². The Balaban J connectivity index is 0.000000704. The molecule has 20 heavy (non-hydrogen) atoms. The van der Waals surface area contributed by atoms with Crippen LogP contribution >= 0.6 is 0 Å². The lowest BCUT2D eigenvalue weighted by Crippen LogP contribution is -1.79. The molecule has 3 aromatic rings. The van der Waals surface area contributed by atoms with Crippen LogP contribution in [0, 0.1) is 11.8 Å². The number of hydrogen-bond donors (Lipinski definition) is 0. The van der Waals surface area contributed by atoms with Gasteiger partial charge in [0.2, 0.25) is 0 Å². The summed E-state index contributed by atoms with van der Waals surface area (Å²) in [5.41, 5.74) is 5.04. The van der Waals surface area contributed by atoms with E-state index in [2.05, 4.69) is 72.8 Å². The Morgan fingerprint density at radius 3 is 0.950 bits per heavy atom. The van der Waals surface area contributed by atoms with Gasteiger partial charge in [0.25, 0.3) is 0 Å². The standard InChI is InChI=1S/C18H14.CN/c1-3-7-15(8-4-1)17-11-13-18(14-12-17)16-9-5-2-6-10-16;1-2/h1-14H;/q;-1. The summed E-state index contributed by atoms with van der Waals surface area (Å²) in [6.07, 6.45) is 0. The Hall–Kier alpha value is -2.85. The summed E-state index contributed by atoms with van der Waals surface area (Å²) in [5.74, 6) is 0. The molecule has 3 rings (SSSR count). The fourth-order valence-corrected chi connectivity index (χ4v) is 2.12. The van der Waals surface area contributed by atoms with Gasteiger partial charge in [0.1, 0.15) is 0 Å². The zero-order valence-corrected chi connectivity index (χ0v) is 11.0. The van der Waals surface area contributed by atoms with E-state index in [4.69, 9.17) is 11.8 Å². The average Bonchev–Trinajstić information content (AvgIpc) is 2.58. The molecule has 0 heterocycles. The molecule has 0 spiro atoms. The normalized spacial score (nSPS) is 9.30. The Labute approximate surface area is 119 Å². The molecule has 1 heteroatoms. The van der Waals surface area contributed by atoms with E-state index < -0.39 is 0 Å². The van der Waals surface area contributed by atoms with Crippen molar-refractivity contribution in [1.82, 2.24) is 0 Å². The third-order valence-corrected chi connectivity index (χ3v) is 3.10. The molecule has 1 nitrogen and oxygen atoms in total. The van der Waals surface area contributed by atoms with E-state index in [9.17, 15) is 0 Å². The lowest BCUT2D eigenvalue weighted by Gasteiger charge is -2.04. The molecule has 3 aromatic carbocycles. The summed E-state index contributed by atoms with van der Waals surface area (Å²) in [7, 11) is 0. The van der Waals surface area contributed by atoms with Crippen LogP contribution in [0.2, 0.25) is 0 Å². The van der Waals surface area contributed by atoms with Gasteiger partial charge < -0.3 is 11.8 Å². The van der Waals surface area contributed by atoms with Crippen molar-refractivity contribution in [2.75, 3.05) is 0 Å². The monoisotopic (exact) mass is 256 g/mol. The van der Waals surface area contributed by atoms with E-state index in [1.807, 2.05) is 12.1 Å². The van der Waals surface area contributed by atoms with Gasteiger partial charge in [0.05, 0.1) is 0 Å². The fourth-order valence-electron chi connectivity index (χ4n) is 2.12. The van der Waals surface area contributed by atoms with E-state index in [1.165, 1.54) is 22.3 Å². The second-order valence-electron chi connectivity index (χ2n) is 4.31. The van der Waals surface area contributed by atoms with Crippen LogP contribution in [-0.2, 0) is 0 Å². The first-order valence-corrected chi connectivity index (χ1v) is 6.37. The Morgan fingerprint density at radius 1 is 0.400 bits per heavy atom. The molecule has 0 aliphatic rings. The van der Waals surface area contributed by atoms with Crippen LogP contribution in [0.1, 0.15) is 0 Å². The number of rotatable bonds is 2. The molecular weight excluding hydrogens is 242 g/mol. The molecule has 0 atom stereocenters. The molecule has 0 unspecified atom stereocenters. The highest BCUT2D eigenvalue weighted by Gasteiger charge is 1.98. The quantitative estimate of drug-likeness (QED) is 0.584. The van der Waals surface area contributed by atoms with Crippen molar-refractivity contribution >= 4 is 0 Å². The fraction of sp³-hybridized carbons (Fsp3) is 0. The molecule has 0 aliphatic carbocycles. The lowest BCUT2D eigenvalue weighted by molar-refractivity contribution is 1.53. The van der Waals surface area contributed by atoms with Gasteiger partial charge in [-0.2, -0.15) is 0 Å². The molecule has 96 valence electrons. The van der Waals surface area contributed by atoms with E-state index in [1.54, 1.807) is 0 Å². The third-order valence-electron chi connectivity index (χ3n) is 3.10. The first kappa shape index (κ1) is 13.6. The molecule has 0 saturated heterocycles. The van der Waals surface area contributed by atoms with Crippen LogP contribution in [0.4, 0.5) is 0 Å². The largest absolute Gasteiger partial charge is 0.512 e. The number of hydrogen-bond acceptors (Lipinski definition) is 1. The maximum absolute atomic E-state index is 6.25. The summed E-state index contributed by atoms with van der Waals surface area (Å²) < 4.78 is 0. The maximum atomic E-state index is 6.25. The van der Waals surface area contributed by atoms with E-state index in [0.717, 1.165) is 0 Å². The first-order chi connectivity index (χ1) is 9.93. The maximum Gasteiger partial charge on any atom is -0.0184 e. The molecule has 0 bridgehead atoms. The molecule has 0 N–H and O–H groups in total. The van der Waals surface area contributed by atoms with Crippen LogP contribution in [0.15, 0.2) is 84.9 Å². The zero-order valence-electron chi connectivity index (χ0n) is 11.0. The van der Waals surface area contributed by atoms with Gasteiger partial charge in [-0.05, 0) is 22.3 Å². The van der Waals surface area contributed by atoms with Gasteiger partial charge in [-0.3, -0.25) is 0 Å². The topological polar surface area (TPSA) is 23.8 Å². The predicted octanol–water partition coefficient (Wildman–Crippen LogP) is 5.12. The summed E-state index contributed by atoms with van der Waals surface area (Å²) in [6.45, 7) is 4.75. The van der Waals surface area contributed by atoms with Crippen molar-refractivity contribution < 1.29 is 0 Å². The number of benzene rings is 3. The minimum Gasteiger partial charge on any atom is -0.512 e. The van der Waals surface area contributed by atoms with E-state index in [0.29, 0.717) is 0 Å². The van der Waals surface area contributed by atoms with Gasteiger partial charge in [-0.15, -0.1) is 0 Å². The van der Waals surface area contributed by atoms with Gasteiger partial charge in [-0.1, -0.05) is 84.9 Å². The summed E-state index contributed by atoms with van der Waals surface area (Å²) in [5, 5.41) is 6.25. The summed E-state index contributed by atoms with van der Waals surface area (Å²) in [4.78, 5) is 0. The zero-order chi connectivity index (χ0) is 14.2. The van der Waals surface area contributed by atoms with Crippen molar-refractivity contribution in [3.05, 3.63) is 91.5 Å². The Morgan fingerprint density at radius 2 is 0.650 bits per heavy atom. The van der Waals surface area contributed by atoms with Crippen molar-refractivity contribution in [3.8, 4) is 22.3 Å².